The van der Waals surface area contributed by atoms with E-state index < -0.39 is 15.4 Å². The van der Waals surface area contributed by atoms with E-state index in [1.54, 1.807) is 4.90 Å². The lowest BCUT2D eigenvalue weighted by Gasteiger charge is -2.24. The molecule has 1 atom stereocenters. The Balaban J connectivity index is 2.48. The molecule has 1 aliphatic heterocycles. The third-order valence-electron chi connectivity index (χ3n) is 2.48. The van der Waals surface area contributed by atoms with Crippen molar-refractivity contribution in [3.05, 3.63) is 0 Å². The SMILES string of the molecule is CC(C)(C)OC(=O)N1CC[C@H](CS(C)(=O)=O)C1. The molecule has 1 heterocycles. The summed E-state index contributed by atoms with van der Waals surface area (Å²) >= 11 is 0. The Hall–Kier alpha value is -0.780. The van der Waals surface area contributed by atoms with E-state index in [9.17, 15) is 13.2 Å². The van der Waals surface area contributed by atoms with Crippen molar-refractivity contribution in [1.29, 1.82) is 0 Å². The van der Waals surface area contributed by atoms with E-state index in [0.29, 0.717) is 13.1 Å². The first-order chi connectivity index (χ1) is 7.57. The molecule has 0 bridgehead atoms. The lowest BCUT2D eigenvalue weighted by Crippen LogP contribution is -2.35. The molecule has 5 nitrogen and oxygen atoms in total. The van der Waals surface area contributed by atoms with Gasteiger partial charge in [0.25, 0.3) is 0 Å². The van der Waals surface area contributed by atoms with Crippen molar-refractivity contribution < 1.29 is 17.9 Å². The van der Waals surface area contributed by atoms with Crippen LogP contribution in [0.4, 0.5) is 4.79 Å². The second-order valence-corrected chi connectivity index (χ2v) is 7.86. The molecule has 0 N–H and O–H groups in total. The Morgan fingerprint density at radius 3 is 2.47 bits per heavy atom. The molecule has 1 aliphatic rings. The summed E-state index contributed by atoms with van der Waals surface area (Å²) in [5.41, 5.74) is -0.508. The molecular weight excluding hydrogens is 242 g/mol. The van der Waals surface area contributed by atoms with E-state index in [1.807, 2.05) is 20.8 Å². The van der Waals surface area contributed by atoms with E-state index in [1.165, 1.54) is 6.26 Å². The number of rotatable bonds is 2. The van der Waals surface area contributed by atoms with Crippen LogP contribution in [0, 0.1) is 5.92 Å². The quantitative estimate of drug-likeness (QED) is 0.753. The molecule has 1 saturated heterocycles. The highest BCUT2D eigenvalue weighted by Crippen LogP contribution is 2.20. The summed E-state index contributed by atoms with van der Waals surface area (Å²) in [6, 6.07) is 0. The minimum Gasteiger partial charge on any atom is -0.444 e. The van der Waals surface area contributed by atoms with Crippen molar-refractivity contribution in [2.45, 2.75) is 32.8 Å². The van der Waals surface area contributed by atoms with Gasteiger partial charge in [0.1, 0.15) is 15.4 Å². The summed E-state index contributed by atoms with van der Waals surface area (Å²) in [6.07, 6.45) is 1.60. The zero-order valence-electron chi connectivity index (χ0n) is 10.9. The molecule has 100 valence electrons. The van der Waals surface area contributed by atoms with Gasteiger partial charge in [-0.25, -0.2) is 13.2 Å². The van der Waals surface area contributed by atoms with Crippen molar-refractivity contribution in [2.24, 2.45) is 5.92 Å². The van der Waals surface area contributed by atoms with Crippen LogP contribution < -0.4 is 0 Å². The van der Waals surface area contributed by atoms with Gasteiger partial charge in [0.2, 0.25) is 0 Å². The van der Waals surface area contributed by atoms with Crippen molar-refractivity contribution >= 4 is 15.9 Å². The second-order valence-electron chi connectivity index (χ2n) is 5.67. The van der Waals surface area contributed by atoms with Crippen LogP contribution in [0.5, 0.6) is 0 Å². The zero-order chi connectivity index (χ0) is 13.3. The van der Waals surface area contributed by atoms with Gasteiger partial charge in [0.15, 0.2) is 0 Å². The van der Waals surface area contributed by atoms with Gasteiger partial charge < -0.3 is 9.64 Å². The summed E-state index contributed by atoms with van der Waals surface area (Å²) in [7, 11) is -2.97. The van der Waals surface area contributed by atoms with Gasteiger partial charge >= 0.3 is 6.09 Å². The monoisotopic (exact) mass is 263 g/mol. The second kappa shape index (κ2) is 4.84. The molecule has 0 spiro atoms. The molecular formula is C11H21NO4S. The van der Waals surface area contributed by atoms with Crippen LogP contribution in [0.2, 0.25) is 0 Å². The van der Waals surface area contributed by atoms with Crippen molar-refractivity contribution in [3.8, 4) is 0 Å². The number of sulfone groups is 1. The standard InChI is InChI=1S/C11H21NO4S/c1-11(2,3)16-10(13)12-6-5-9(7-12)8-17(4,14)15/h9H,5-8H2,1-4H3/t9-/m0/s1. The molecule has 0 aromatic rings. The fourth-order valence-corrected chi connectivity index (χ4v) is 3.02. The summed E-state index contributed by atoms with van der Waals surface area (Å²) < 4.78 is 27.6. The first kappa shape index (κ1) is 14.3. The van der Waals surface area contributed by atoms with Crippen LogP contribution >= 0.6 is 0 Å². The van der Waals surface area contributed by atoms with Gasteiger partial charge in [-0.2, -0.15) is 0 Å². The molecule has 17 heavy (non-hydrogen) atoms. The molecule has 0 saturated carbocycles. The van der Waals surface area contributed by atoms with Gasteiger partial charge in [-0.1, -0.05) is 0 Å². The summed E-state index contributed by atoms with van der Waals surface area (Å²) in [5.74, 6) is 0.185. The largest absolute Gasteiger partial charge is 0.444 e. The van der Waals surface area contributed by atoms with E-state index in [-0.39, 0.29) is 17.8 Å². The van der Waals surface area contributed by atoms with Gasteiger partial charge in [-0.3, -0.25) is 0 Å². The maximum atomic E-state index is 11.7. The van der Waals surface area contributed by atoms with Gasteiger partial charge in [0.05, 0.1) is 5.75 Å². The van der Waals surface area contributed by atoms with Crippen LogP contribution in [0.1, 0.15) is 27.2 Å². The lowest BCUT2D eigenvalue weighted by atomic mass is 10.2. The Morgan fingerprint density at radius 2 is 2.00 bits per heavy atom. The number of carbonyl (C=O) groups is 1. The summed E-state index contributed by atoms with van der Waals surface area (Å²) in [4.78, 5) is 13.3. The number of ether oxygens (including phenoxy) is 1. The van der Waals surface area contributed by atoms with E-state index in [0.717, 1.165) is 6.42 Å². The molecule has 0 radical (unpaired) electrons. The topological polar surface area (TPSA) is 63.7 Å². The maximum Gasteiger partial charge on any atom is 0.410 e. The Bertz CT molecular complexity index is 383. The third-order valence-corrected chi connectivity index (χ3v) is 3.55. The van der Waals surface area contributed by atoms with E-state index in [4.69, 9.17) is 4.74 Å². The molecule has 6 heteroatoms. The van der Waals surface area contributed by atoms with Gasteiger partial charge in [-0.15, -0.1) is 0 Å². The normalized spacial score (nSPS) is 21.6. The predicted octanol–water partition coefficient (Wildman–Crippen LogP) is 1.29. The molecule has 1 rings (SSSR count). The van der Waals surface area contributed by atoms with Gasteiger partial charge in [0, 0.05) is 19.3 Å². The average molecular weight is 263 g/mol. The zero-order valence-corrected chi connectivity index (χ0v) is 11.7. The number of hydrogen-bond donors (Lipinski definition) is 0. The lowest BCUT2D eigenvalue weighted by molar-refractivity contribution is 0.0289. The van der Waals surface area contributed by atoms with Crippen LogP contribution in [0.25, 0.3) is 0 Å². The highest BCUT2D eigenvalue weighted by molar-refractivity contribution is 7.90. The Morgan fingerprint density at radius 1 is 1.41 bits per heavy atom. The molecule has 0 aromatic heterocycles. The van der Waals surface area contributed by atoms with Crippen molar-refractivity contribution in [2.75, 3.05) is 25.1 Å². The summed E-state index contributed by atoms with van der Waals surface area (Å²) in [6.45, 7) is 6.50. The maximum absolute atomic E-state index is 11.7. The number of likely N-dealkylation sites (tertiary alicyclic amines) is 1. The van der Waals surface area contributed by atoms with Crippen LogP contribution in [-0.2, 0) is 14.6 Å². The van der Waals surface area contributed by atoms with E-state index in [2.05, 4.69) is 0 Å². The highest BCUT2D eigenvalue weighted by atomic mass is 32.2. The average Bonchev–Trinajstić information content (AvgIpc) is 2.45. The van der Waals surface area contributed by atoms with Crippen LogP contribution in [0.3, 0.4) is 0 Å². The first-order valence-electron chi connectivity index (χ1n) is 5.72. The van der Waals surface area contributed by atoms with Gasteiger partial charge in [-0.05, 0) is 33.1 Å². The third kappa shape index (κ3) is 5.39. The molecule has 0 unspecified atom stereocenters. The molecule has 1 amide bonds. The molecule has 0 aliphatic carbocycles. The van der Waals surface area contributed by atoms with E-state index >= 15 is 0 Å². The molecule has 0 aromatic carbocycles. The van der Waals surface area contributed by atoms with Crippen LogP contribution in [0.15, 0.2) is 0 Å². The van der Waals surface area contributed by atoms with Crippen molar-refractivity contribution in [1.82, 2.24) is 4.90 Å². The Labute approximate surface area is 103 Å². The number of carbonyl (C=O) groups excluding carboxylic acids is 1. The minimum atomic E-state index is -2.97. The predicted molar refractivity (Wildman–Crippen MR) is 65.6 cm³/mol. The first-order valence-corrected chi connectivity index (χ1v) is 7.78. The number of amides is 1. The number of nitrogens with zero attached hydrogens (tertiary/aromatic N) is 1. The fraction of sp³-hybridized carbons (Fsp3) is 0.909. The summed E-state index contributed by atoms with van der Waals surface area (Å²) in [5, 5.41) is 0. The fourth-order valence-electron chi connectivity index (χ4n) is 1.89. The van der Waals surface area contributed by atoms with Crippen LogP contribution in [-0.4, -0.2) is 50.1 Å². The molecule has 1 fully saturated rings. The van der Waals surface area contributed by atoms with Crippen molar-refractivity contribution in [3.63, 3.8) is 0 Å². The Kier molecular flexibility index (Phi) is 4.06. The highest BCUT2D eigenvalue weighted by Gasteiger charge is 2.31. The smallest absolute Gasteiger partial charge is 0.410 e. The minimum absolute atomic E-state index is 0.0394. The number of hydrogen-bond acceptors (Lipinski definition) is 4.